The van der Waals surface area contributed by atoms with Crippen molar-refractivity contribution in [3.63, 3.8) is 0 Å². The first-order valence-corrected chi connectivity index (χ1v) is 5.55. The van der Waals surface area contributed by atoms with E-state index in [0.29, 0.717) is 12.8 Å². The molecule has 1 unspecified atom stereocenters. The Hall–Kier alpha value is -2.11. The zero-order valence-electron chi connectivity index (χ0n) is 9.94. The number of halogens is 1. The van der Waals surface area contributed by atoms with Crippen LogP contribution in [0.15, 0.2) is 18.2 Å². The lowest BCUT2D eigenvalue weighted by atomic mass is 10.1. The van der Waals surface area contributed by atoms with E-state index in [1.165, 1.54) is 12.1 Å². The first kappa shape index (κ1) is 14.0. The van der Waals surface area contributed by atoms with Gasteiger partial charge in [-0.25, -0.2) is 9.18 Å². The zero-order chi connectivity index (χ0) is 13.7. The molecule has 4 N–H and O–H groups in total. The number of carboxylic acids is 1. The van der Waals surface area contributed by atoms with Crippen LogP contribution in [0.5, 0.6) is 0 Å². The Kier molecular flexibility index (Phi) is 4.65. The van der Waals surface area contributed by atoms with E-state index in [-0.39, 0.29) is 11.3 Å². The van der Waals surface area contributed by atoms with Gasteiger partial charge in [-0.15, -0.1) is 0 Å². The highest BCUT2D eigenvalue weighted by molar-refractivity contribution is 6.00. The highest BCUT2D eigenvalue weighted by Crippen LogP contribution is 2.15. The highest BCUT2D eigenvalue weighted by atomic mass is 19.1. The average Bonchev–Trinajstić information content (AvgIpc) is 2.31. The second-order valence-electron chi connectivity index (χ2n) is 3.85. The second-order valence-corrected chi connectivity index (χ2v) is 3.85. The lowest BCUT2D eigenvalue weighted by Crippen LogP contribution is -2.40. The largest absolute Gasteiger partial charge is 0.480 e. The fraction of sp³-hybridized carbons (Fsp3) is 0.333. The summed E-state index contributed by atoms with van der Waals surface area (Å²) in [5, 5.41) is 11.2. The van der Waals surface area contributed by atoms with Gasteiger partial charge in [-0.3, -0.25) is 4.79 Å². The van der Waals surface area contributed by atoms with Crippen LogP contribution in [0.3, 0.4) is 0 Å². The molecule has 0 bridgehead atoms. The van der Waals surface area contributed by atoms with Crippen LogP contribution in [0.2, 0.25) is 0 Å². The van der Waals surface area contributed by atoms with Crippen LogP contribution in [-0.4, -0.2) is 23.0 Å². The molecule has 0 aliphatic rings. The molecule has 0 spiro atoms. The minimum atomic E-state index is -1.12. The van der Waals surface area contributed by atoms with E-state index >= 15 is 0 Å². The van der Waals surface area contributed by atoms with Crippen LogP contribution >= 0.6 is 0 Å². The Balaban J connectivity index is 2.87. The SMILES string of the molecule is CCCC(NC(=O)c1cccc(F)c1N)C(=O)O. The lowest BCUT2D eigenvalue weighted by molar-refractivity contribution is -0.139. The van der Waals surface area contributed by atoms with E-state index < -0.39 is 23.7 Å². The average molecular weight is 254 g/mol. The lowest BCUT2D eigenvalue weighted by Gasteiger charge is -2.14. The molecular weight excluding hydrogens is 239 g/mol. The minimum Gasteiger partial charge on any atom is -0.480 e. The topological polar surface area (TPSA) is 92.4 Å². The molecule has 1 aromatic rings. The number of benzene rings is 1. The number of anilines is 1. The number of carbonyl (C=O) groups is 2. The molecule has 6 heteroatoms. The van der Waals surface area contributed by atoms with Crippen molar-refractivity contribution in [2.45, 2.75) is 25.8 Å². The summed E-state index contributed by atoms with van der Waals surface area (Å²) in [7, 11) is 0. The third kappa shape index (κ3) is 3.19. The summed E-state index contributed by atoms with van der Waals surface area (Å²) in [6.07, 6.45) is 0.909. The molecule has 18 heavy (non-hydrogen) atoms. The zero-order valence-corrected chi connectivity index (χ0v) is 9.94. The summed E-state index contributed by atoms with van der Waals surface area (Å²) in [6, 6.07) is 2.83. The molecule has 0 saturated heterocycles. The maximum Gasteiger partial charge on any atom is 0.326 e. The number of hydrogen-bond acceptors (Lipinski definition) is 3. The monoisotopic (exact) mass is 254 g/mol. The Labute approximate surface area is 104 Å². The van der Waals surface area contributed by atoms with Crippen LogP contribution in [0.25, 0.3) is 0 Å². The molecule has 0 heterocycles. The van der Waals surface area contributed by atoms with Crippen molar-refractivity contribution >= 4 is 17.6 Å². The van der Waals surface area contributed by atoms with Crippen LogP contribution in [-0.2, 0) is 4.79 Å². The fourth-order valence-electron chi connectivity index (χ4n) is 1.52. The first-order chi connectivity index (χ1) is 8.47. The van der Waals surface area contributed by atoms with Gasteiger partial charge in [-0.1, -0.05) is 19.4 Å². The van der Waals surface area contributed by atoms with Gasteiger partial charge in [-0.05, 0) is 18.6 Å². The molecule has 0 saturated carbocycles. The van der Waals surface area contributed by atoms with Gasteiger partial charge in [0.25, 0.3) is 5.91 Å². The summed E-state index contributed by atoms with van der Waals surface area (Å²) >= 11 is 0. The highest BCUT2D eigenvalue weighted by Gasteiger charge is 2.21. The van der Waals surface area contributed by atoms with E-state index in [4.69, 9.17) is 10.8 Å². The van der Waals surface area contributed by atoms with Crippen molar-refractivity contribution in [3.8, 4) is 0 Å². The van der Waals surface area contributed by atoms with E-state index in [9.17, 15) is 14.0 Å². The predicted molar refractivity (Wildman–Crippen MR) is 64.6 cm³/mol. The van der Waals surface area contributed by atoms with Gasteiger partial charge < -0.3 is 16.2 Å². The molecule has 0 aromatic heterocycles. The summed E-state index contributed by atoms with van der Waals surface area (Å²) in [5.41, 5.74) is 5.09. The van der Waals surface area contributed by atoms with Crippen molar-refractivity contribution < 1.29 is 19.1 Å². The molecule has 1 aromatic carbocycles. The van der Waals surface area contributed by atoms with Crippen molar-refractivity contribution in [1.29, 1.82) is 0 Å². The second kappa shape index (κ2) is 6.00. The molecular formula is C12H15FN2O3. The number of aliphatic carboxylic acids is 1. The first-order valence-electron chi connectivity index (χ1n) is 5.55. The van der Waals surface area contributed by atoms with Crippen molar-refractivity contribution in [3.05, 3.63) is 29.6 Å². The number of amides is 1. The van der Waals surface area contributed by atoms with E-state index in [1.54, 1.807) is 6.92 Å². The standard InChI is InChI=1S/C12H15FN2O3/c1-2-4-9(12(17)18)15-11(16)7-5-3-6-8(13)10(7)14/h3,5-6,9H,2,4,14H2,1H3,(H,15,16)(H,17,18). The summed E-state index contributed by atoms with van der Waals surface area (Å²) in [6.45, 7) is 1.80. The van der Waals surface area contributed by atoms with Crippen LogP contribution in [0, 0.1) is 5.82 Å². The van der Waals surface area contributed by atoms with Crippen molar-refractivity contribution in [2.24, 2.45) is 0 Å². The summed E-state index contributed by atoms with van der Waals surface area (Å²) < 4.78 is 13.2. The van der Waals surface area contributed by atoms with E-state index in [0.717, 1.165) is 6.07 Å². The minimum absolute atomic E-state index is 0.0580. The summed E-state index contributed by atoms with van der Waals surface area (Å²) in [4.78, 5) is 22.7. The van der Waals surface area contributed by atoms with Gasteiger partial charge in [-0.2, -0.15) is 0 Å². The van der Waals surface area contributed by atoms with Gasteiger partial charge >= 0.3 is 5.97 Å². The van der Waals surface area contributed by atoms with Gasteiger partial charge in [0.2, 0.25) is 0 Å². The molecule has 0 aliphatic heterocycles. The summed E-state index contributed by atoms with van der Waals surface area (Å²) in [5.74, 6) is -2.52. The molecule has 5 nitrogen and oxygen atoms in total. The maximum absolute atomic E-state index is 13.2. The van der Waals surface area contributed by atoms with Crippen LogP contribution in [0.4, 0.5) is 10.1 Å². The van der Waals surface area contributed by atoms with Crippen LogP contribution in [0.1, 0.15) is 30.1 Å². The number of carboxylic acid groups (broad SMARTS) is 1. The fourth-order valence-corrected chi connectivity index (χ4v) is 1.52. The molecule has 98 valence electrons. The Morgan fingerprint density at radius 1 is 1.50 bits per heavy atom. The number of rotatable bonds is 5. The normalized spacial score (nSPS) is 11.9. The molecule has 1 amide bonds. The molecule has 0 fully saturated rings. The van der Waals surface area contributed by atoms with Gasteiger partial charge in [0.05, 0.1) is 11.3 Å². The quantitative estimate of drug-likeness (QED) is 0.692. The number of para-hydroxylation sites is 1. The molecule has 0 aliphatic carbocycles. The molecule has 1 atom stereocenters. The smallest absolute Gasteiger partial charge is 0.326 e. The number of nitrogens with two attached hydrogens (primary N) is 1. The van der Waals surface area contributed by atoms with Crippen LogP contribution < -0.4 is 11.1 Å². The van der Waals surface area contributed by atoms with Gasteiger partial charge in [0, 0.05) is 0 Å². The predicted octanol–water partition coefficient (Wildman–Crippen LogP) is 1.39. The van der Waals surface area contributed by atoms with Crippen molar-refractivity contribution in [2.75, 3.05) is 5.73 Å². The van der Waals surface area contributed by atoms with E-state index in [1.807, 2.05) is 0 Å². The molecule has 1 rings (SSSR count). The Morgan fingerprint density at radius 2 is 2.17 bits per heavy atom. The third-order valence-corrected chi connectivity index (χ3v) is 2.48. The van der Waals surface area contributed by atoms with Gasteiger partial charge in [0.1, 0.15) is 11.9 Å². The van der Waals surface area contributed by atoms with E-state index in [2.05, 4.69) is 5.32 Å². The molecule has 0 radical (unpaired) electrons. The Morgan fingerprint density at radius 3 is 2.72 bits per heavy atom. The number of carbonyl (C=O) groups excluding carboxylic acids is 1. The number of hydrogen-bond donors (Lipinski definition) is 3. The Bertz CT molecular complexity index is 463. The number of nitrogens with one attached hydrogen (secondary N) is 1. The number of nitrogen functional groups attached to an aromatic ring is 1. The third-order valence-electron chi connectivity index (χ3n) is 2.48. The van der Waals surface area contributed by atoms with Gasteiger partial charge in [0.15, 0.2) is 0 Å². The van der Waals surface area contributed by atoms with Crippen molar-refractivity contribution in [1.82, 2.24) is 5.32 Å². The maximum atomic E-state index is 13.2.